The van der Waals surface area contributed by atoms with Gasteiger partial charge in [-0.15, -0.1) is 0 Å². The molecule has 1 N–H and O–H groups in total. The maximum atomic E-state index is 13.0. The number of halogens is 1. The first-order chi connectivity index (χ1) is 8.25. The van der Waals surface area contributed by atoms with E-state index in [-0.39, 0.29) is 11.9 Å². The van der Waals surface area contributed by atoms with Crippen molar-refractivity contribution in [1.82, 2.24) is 15.3 Å². The van der Waals surface area contributed by atoms with Crippen molar-refractivity contribution in [3.8, 4) is 0 Å². The summed E-state index contributed by atoms with van der Waals surface area (Å²) >= 11 is 0. The predicted octanol–water partition coefficient (Wildman–Crippen LogP) is 2.47. The molecule has 0 fully saturated rings. The highest BCUT2D eigenvalue weighted by Crippen LogP contribution is 2.13. The second-order valence-electron chi connectivity index (χ2n) is 3.90. The second-order valence-corrected chi connectivity index (χ2v) is 3.90. The number of hydrogen-bond donors (Lipinski definition) is 1. The van der Waals surface area contributed by atoms with Crippen molar-refractivity contribution in [2.45, 2.75) is 19.5 Å². The highest BCUT2D eigenvalue weighted by molar-refractivity contribution is 5.19. The molecule has 0 bridgehead atoms. The van der Waals surface area contributed by atoms with Gasteiger partial charge in [-0.25, -0.2) is 14.4 Å². The smallest absolute Gasteiger partial charge is 0.123 e. The lowest BCUT2D eigenvalue weighted by atomic mass is 10.1. The lowest BCUT2D eigenvalue weighted by Crippen LogP contribution is -2.18. The van der Waals surface area contributed by atoms with Gasteiger partial charge >= 0.3 is 0 Å². The summed E-state index contributed by atoms with van der Waals surface area (Å²) < 4.78 is 13.0. The Balaban J connectivity index is 1.96. The van der Waals surface area contributed by atoms with Gasteiger partial charge in [0, 0.05) is 30.5 Å². The van der Waals surface area contributed by atoms with Gasteiger partial charge < -0.3 is 5.32 Å². The summed E-state index contributed by atoms with van der Waals surface area (Å²) in [4.78, 5) is 7.88. The van der Waals surface area contributed by atoms with Crippen LogP contribution in [0.15, 0.2) is 43.0 Å². The summed E-state index contributed by atoms with van der Waals surface area (Å²) in [6.45, 7) is 2.66. The van der Waals surface area contributed by atoms with E-state index < -0.39 is 0 Å². The number of aromatic nitrogens is 2. The Bertz CT molecular complexity index is 473. The van der Waals surface area contributed by atoms with Crippen LogP contribution >= 0.6 is 0 Å². The maximum Gasteiger partial charge on any atom is 0.123 e. The third kappa shape index (κ3) is 3.32. The highest BCUT2D eigenvalue weighted by Gasteiger charge is 2.05. The molecule has 88 valence electrons. The summed E-state index contributed by atoms with van der Waals surface area (Å²) in [5.74, 6) is -0.209. The van der Waals surface area contributed by atoms with Gasteiger partial charge in [0.05, 0.1) is 0 Å². The molecule has 17 heavy (non-hydrogen) atoms. The molecular weight excluding hydrogens is 217 g/mol. The zero-order valence-corrected chi connectivity index (χ0v) is 9.60. The van der Waals surface area contributed by atoms with Crippen LogP contribution in [0.4, 0.5) is 4.39 Å². The fourth-order valence-corrected chi connectivity index (χ4v) is 1.59. The van der Waals surface area contributed by atoms with E-state index in [1.807, 2.05) is 13.0 Å². The van der Waals surface area contributed by atoms with Gasteiger partial charge in [-0.3, -0.25) is 0 Å². The van der Waals surface area contributed by atoms with Crippen molar-refractivity contribution in [2.75, 3.05) is 0 Å². The molecule has 2 rings (SSSR count). The van der Waals surface area contributed by atoms with Crippen LogP contribution in [0.2, 0.25) is 0 Å². The average molecular weight is 231 g/mol. The first kappa shape index (κ1) is 11.7. The number of benzene rings is 1. The van der Waals surface area contributed by atoms with Gasteiger partial charge in [0.25, 0.3) is 0 Å². The van der Waals surface area contributed by atoms with Crippen molar-refractivity contribution in [2.24, 2.45) is 0 Å². The fraction of sp³-hybridized carbons (Fsp3) is 0.231. The Hall–Kier alpha value is -1.81. The van der Waals surface area contributed by atoms with E-state index in [1.54, 1.807) is 24.5 Å². The Morgan fingerprint density at radius 1 is 1.29 bits per heavy atom. The first-order valence-corrected chi connectivity index (χ1v) is 5.48. The molecule has 2 aromatic rings. The Morgan fingerprint density at radius 3 is 2.76 bits per heavy atom. The molecule has 0 spiro atoms. The van der Waals surface area contributed by atoms with Gasteiger partial charge in [0.1, 0.15) is 12.1 Å². The fourth-order valence-electron chi connectivity index (χ4n) is 1.59. The SMILES string of the molecule is C[C@@H](NCc1cncnc1)c1cccc(F)c1. The summed E-state index contributed by atoms with van der Waals surface area (Å²) in [6, 6.07) is 6.70. The lowest BCUT2D eigenvalue weighted by Gasteiger charge is -2.13. The second kappa shape index (κ2) is 5.50. The molecule has 0 saturated heterocycles. The van der Waals surface area contributed by atoms with Crippen molar-refractivity contribution in [3.63, 3.8) is 0 Å². The normalized spacial score (nSPS) is 12.4. The average Bonchev–Trinajstić information content (AvgIpc) is 2.37. The third-order valence-electron chi connectivity index (χ3n) is 2.58. The molecule has 0 unspecified atom stereocenters. The lowest BCUT2D eigenvalue weighted by molar-refractivity contribution is 0.563. The molecule has 0 radical (unpaired) electrons. The molecular formula is C13H14FN3. The Labute approximate surface area is 99.7 Å². The molecule has 0 amide bonds. The quantitative estimate of drug-likeness (QED) is 0.878. The zero-order valence-electron chi connectivity index (χ0n) is 9.60. The Morgan fingerprint density at radius 2 is 2.06 bits per heavy atom. The van der Waals surface area contributed by atoms with Crippen LogP contribution in [0.25, 0.3) is 0 Å². The molecule has 0 aliphatic rings. The highest BCUT2D eigenvalue weighted by atomic mass is 19.1. The molecule has 4 heteroatoms. The van der Waals surface area contributed by atoms with E-state index >= 15 is 0 Å². The van der Waals surface area contributed by atoms with Crippen LogP contribution in [0.3, 0.4) is 0 Å². The van der Waals surface area contributed by atoms with Crippen molar-refractivity contribution in [3.05, 3.63) is 59.9 Å². The van der Waals surface area contributed by atoms with E-state index in [4.69, 9.17) is 0 Å². The number of hydrogen-bond acceptors (Lipinski definition) is 3. The monoisotopic (exact) mass is 231 g/mol. The van der Waals surface area contributed by atoms with E-state index in [2.05, 4.69) is 15.3 Å². The molecule has 3 nitrogen and oxygen atoms in total. The van der Waals surface area contributed by atoms with E-state index in [0.717, 1.165) is 11.1 Å². The molecule has 0 aliphatic carbocycles. The molecule has 0 saturated carbocycles. The van der Waals surface area contributed by atoms with Gasteiger partial charge in [-0.05, 0) is 24.6 Å². The molecule has 1 atom stereocenters. The van der Waals surface area contributed by atoms with Crippen LogP contribution in [-0.2, 0) is 6.54 Å². The molecule has 1 aromatic heterocycles. The van der Waals surface area contributed by atoms with E-state index in [1.165, 1.54) is 12.4 Å². The summed E-state index contributed by atoms with van der Waals surface area (Å²) in [5.41, 5.74) is 1.94. The number of rotatable bonds is 4. The third-order valence-corrected chi connectivity index (χ3v) is 2.58. The van der Waals surface area contributed by atoms with E-state index in [9.17, 15) is 4.39 Å². The Kier molecular flexibility index (Phi) is 3.77. The zero-order chi connectivity index (χ0) is 12.1. The minimum absolute atomic E-state index is 0.0888. The number of nitrogens with zero attached hydrogens (tertiary/aromatic N) is 2. The van der Waals surface area contributed by atoms with Crippen LogP contribution in [0, 0.1) is 5.82 Å². The van der Waals surface area contributed by atoms with Crippen molar-refractivity contribution >= 4 is 0 Å². The van der Waals surface area contributed by atoms with Gasteiger partial charge in [0.2, 0.25) is 0 Å². The molecule has 1 aromatic carbocycles. The predicted molar refractivity (Wildman–Crippen MR) is 63.7 cm³/mol. The van der Waals surface area contributed by atoms with E-state index in [0.29, 0.717) is 6.54 Å². The van der Waals surface area contributed by atoms with Crippen LogP contribution < -0.4 is 5.32 Å². The maximum absolute atomic E-state index is 13.0. The van der Waals surface area contributed by atoms with Crippen LogP contribution in [0.1, 0.15) is 24.1 Å². The standard InChI is InChI=1S/C13H14FN3/c1-10(12-3-2-4-13(14)5-12)17-8-11-6-15-9-16-7-11/h2-7,9-10,17H,8H2,1H3/t10-/m1/s1. The molecule has 0 aliphatic heterocycles. The first-order valence-electron chi connectivity index (χ1n) is 5.48. The summed E-state index contributed by atoms with van der Waals surface area (Å²) in [5, 5.41) is 3.30. The summed E-state index contributed by atoms with van der Waals surface area (Å²) in [7, 11) is 0. The van der Waals surface area contributed by atoms with Crippen molar-refractivity contribution < 1.29 is 4.39 Å². The van der Waals surface area contributed by atoms with Gasteiger partial charge in [0.15, 0.2) is 0 Å². The topological polar surface area (TPSA) is 37.8 Å². The largest absolute Gasteiger partial charge is 0.306 e. The summed E-state index contributed by atoms with van der Waals surface area (Å²) in [6.07, 6.45) is 5.02. The minimum atomic E-state index is -0.209. The van der Waals surface area contributed by atoms with Crippen LogP contribution in [-0.4, -0.2) is 9.97 Å². The van der Waals surface area contributed by atoms with Gasteiger partial charge in [-0.2, -0.15) is 0 Å². The van der Waals surface area contributed by atoms with Crippen molar-refractivity contribution in [1.29, 1.82) is 0 Å². The number of nitrogens with one attached hydrogen (secondary N) is 1. The van der Waals surface area contributed by atoms with Gasteiger partial charge in [-0.1, -0.05) is 12.1 Å². The molecule has 1 heterocycles. The minimum Gasteiger partial charge on any atom is -0.306 e. The van der Waals surface area contributed by atoms with Crippen LogP contribution in [0.5, 0.6) is 0 Å².